The summed E-state index contributed by atoms with van der Waals surface area (Å²) in [6, 6.07) is 15.1. The molecule has 0 saturated carbocycles. The number of ether oxygens (including phenoxy) is 3. The van der Waals surface area contributed by atoms with Crippen LogP contribution in [-0.2, 0) is 4.74 Å². The van der Waals surface area contributed by atoms with Crippen molar-refractivity contribution in [1.82, 2.24) is 4.90 Å². The van der Waals surface area contributed by atoms with Crippen LogP contribution >= 0.6 is 0 Å². The van der Waals surface area contributed by atoms with Crippen molar-refractivity contribution in [1.29, 1.82) is 0 Å². The molecule has 3 rings (SSSR count). The molecule has 1 aliphatic rings. The van der Waals surface area contributed by atoms with E-state index in [0.29, 0.717) is 31.9 Å². The highest BCUT2D eigenvalue weighted by Crippen LogP contribution is 2.20. The fourth-order valence-electron chi connectivity index (χ4n) is 2.76. The lowest BCUT2D eigenvalue weighted by Crippen LogP contribution is -2.47. The van der Waals surface area contributed by atoms with Crippen molar-refractivity contribution in [2.24, 2.45) is 0 Å². The Kier molecular flexibility index (Phi) is 5.56. The van der Waals surface area contributed by atoms with Crippen LogP contribution in [0.15, 0.2) is 48.5 Å². The Labute approximate surface area is 148 Å². The van der Waals surface area contributed by atoms with Crippen molar-refractivity contribution < 1.29 is 19.0 Å². The van der Waals surface area contributed by atoms with E-state index in [9.17, 15) is 4.79 Å². The van der Waals surface area contributed by atoms with Crippen LogP contribution in [0.5, 0.6) is 11.5 Å². The van der Waals surface area contributed by atoms with E-state index in [0.717, 1.165) is 17.1 Å². The molecule has 2 aromatic carbocycles. The standard InChI is InChI=1S/C20H23NO4/c1-15-6-8-16(9-7-15)20(22)21-10-11-24-19(13-21)14-25-18-5-3-4-17(12-18)23-2/h3-9,12,19H,10-11,13-14H2,1-2H3. The molecule has 0 bridgehead atoms. The Balaban J connectivity index is 1.57. The number of morpholine rings is 1. The molecule has 0 aromatic heterocycles. The zero-order chi connectivity index (χ0) is 17.6. The van der Waals surface area contributed by atoms with E-state index in [-0.39, 0.29) is 12.0 Å². The van der Waals surface area contributed by atoms with Gasteiger partial charge in [-0.05, 0) is 31.2 Å². The number of aryl methyl sites for hydroxylation is 1. The molecule has 0 N–H and O–H groups in total. The number of hydrogen-bond acceptors (Lipinski definition) is 4. The van der Waals surface area contributed by atoms with Crippen LogP contribution < -0.4 is 9.47 Å². The average Bonchev–Trinajstić information content (AvgIpc) is 2.67. The van der Waals surface area contributed by atoms with Gasteiger partial charge < -0.3 is 19.1 Å². The van der Waals surface area contributed by atoms with E-state index in [2.05, 4.69) is 0 Å². The molecule has 1 heterocycles. The van der Waals surface area contributed by atoms with Gasteiger partial charge in [0, 0.05) is 18.2 Å². The predicted molar refractivity (Wildman–Crippen MR) is 95.3 cm³/mol. The lowest BCUT2D eigenvalue weighted by Gasteiger charge is -2.33. The van der Waals surface area contributed by atoms with Gasteiger partial charge in [-0.1, -0.05) is 23.8 Å². The van der Waals surface area contributed by atoms with Crippen molar-refractivity contribution >= 4 is 5.91 Å². The maximum atomic E-state index is 12.6. The summed E-state index contributed by atoms with van der Waals surface area (Å²) in [6.07, 6.45) is -0.144. The molecule has 2 aromatic rings. The average molecular weight is 341 g/mol. The molecule has 1 saturated heterocycles. The van der Waals surface area contributed by atoms with Gasteiger partial charge in [0.1, 0.15) is 24.2 Å². The summed E-state index contributed by atoms with van der Waals surface area (Å²) in [4.78, 5) is 14.5. The maximum Gasteiger partial charge on any atom is 0.254 e. The van der Waals surface area contributed by atoms with Gasteiger partial charge in [-0.15, -0.1) is 0 Å². The van der Waals surface area contributed by atoms with Gasteiger partial charge in [0.05, 0.1) is 20.3 Å². The highest BCUT2D eigenvalue weighted by Gasteiger charge is 2.25. The second kappa shape index (κ2) is 8.03. The third-order valence-electron chi connectivity index (χ3n) is 4.20. The first kappa shape index (κ1) is 17.3. The zero-order valence-electron chi connectivity index (χ0n) is 14.6. The number of rotatable bonds is 5. The lowest BCUT2D eigenvalue weighted by atomic mass is 10.1. The number of benzene rings is 2. The topological polar surface area (TPSA) is 48.0 Å². The van der Waals surface area contributed by atoms with Gasteiger partial charge in [-0.2, -0.15) is 0 Å². The molecular formula is C20H23NO4. The van der Waals surface area contributed by atoms with Gasteiger partial charge >= 0.3 is 0 Å². The van der Waals surface area contributed by atoms with E-state index in [4.69, 9.17) is 14.2 Å². The minimum Gasteiger partial charge on any atom is -0.497 e. The Bertz CT molecular complexity index is 714. The number of nitrogens with zero attached hydrogens (tertiary/aromatic N) is 1. The smallest absolute Gasteiger partial charge is 0.254 e. The van der Waals surface area contributed by atoms with Crippen molar-refractivity contribution in [3.63, 3.8) is 0 Å². The van der Waals surface area contributed by atoms with Crippen LogP contribution in [0.1, 0.15) is 15.9 Å². The first-order valence-corrected chi connectivity index (χ1v) is 8.40. The quantitative estimate of drug-likeness (QED) is 0.839. The molecule has 0 spiro atoms. The third kappa shape index (κ3) is 4.51. The van der Waals surface area contributed by atoms with Crippen molar-refractivity contribution in [2.75, 3.05) is 33.4 Å². The summed E-state index contributed by atoms with van der Waals surface area (Å²) >= 11 is 0. The molecule has 25 heavy (non-hydrogen) atoms. The molecular weight excluding hydrogens is 318 g/mol. The fraction of sp³-hybridized carbons (Fsp3) is 0.350. The SMILES string of the molecule is COc1cccc(OCC2CN(C(=O)c3ccc(C)cc3)CCO2)c1. The van der Waals surface area contributed by atoms with Crippen LogP contribution in [0.4, 0.5) is 0 Å². The summed E-state index contributed by atoms with van der Waals surface area (Å²) in [7, 11) is 1.62. The first-order valence-electron chi connectivity index (χ1n) is 8.40. The molecule has 0 aliphatic carbocycles. The molecule has 1 unspecified atom stereocenters. The van der Waals surface area contributed by atoms with E-state index in [1.807, 2.05) is 60.4 Å². The highest BCUT2D eigenvalue weighted by atomic mass is 16.5. The first-order chi connectivity index (χ1) is 12.2. The molecule has 1 aliphatic heterocycles. The second-order valence-electron chi connectivity index (χ2n) is 6.10. The molecule has 1 fully saturated rings. The summed E-state index contributed by atoms with van der Waals surface area (Å²) in [6.45, 7) is 4.04. The van der Waals surface area contributed by atoms with Crippen molar-refractivity contribution in [3.05, 3.63) is 59.7 Å². The van der Waals surface area contributed by atoms with Gasteiger partial charge in [-0.25, -0.2) is 0 Å². The molecule has 1 amide bonds. The number of methoxy groups -OCH3 is 1. The predicted octanol–water partition coefficient (Wildman–Crippen LogP) is 2.92. The summed E-state index contributed by atoms with van der Waals surface area (Å²) in [5, 5.41) is 0. The zero-order valence-corrected chi connectivity index (χ0v) is 14.6. The van der Waals surface area contributed by atoms with Gasteiger partial charge in [0.15, 0.2) is 0 Å². The van der Waals surface area contributed by atoms with E-state index < -0.39 is 0 Å². The maximum absolute atomic E-state index is 12.6. The van der Waals surface area contributed by atoms with Crippen LogP contribution in [0, 0.1) is 6.92 Å². The fourth-order valence-corrected chi connectivity index (χ4v) is 2.76. The number of carbonyl (C=O) groups is 1. The lowest BCUT2D eigenvalue weighted by molar-refractivity contribution is -0.0401. The Morgan fingerprint density at radius 3 is 2.72 bits per heavy atom. The Morgan fingerprint density at radius 1 is 1.20 bits per heavy atom. The van der Waals surface area contributed by atoms with Crippen molar-refractivity contribution in [3.8, 4) is 11.5 Å². The Morgan fingerprint density at radius 2 is 1.96 bits per heavy atom. The van der Waals surface area contributed by atoms with Crippen molar-refractivity contribution in [2.45, 2.75) is 13.0 Å². The van der Waals surface area contributed by atoms with Crippen LogP contribution in [-0.4, -0.2) is 50.3 Å². The van der Waals surface area contributed by atoms with Crippen LogP contribution in [0.25, 0.3) is 0 Å². The van der Waals surface area contributed by atoms with E-state index in [1.54, 1.807) is 7.11 Å². The minimum atomic E-state index is -0.144. The second-order valence-corrected chi connectivity index (χ2v) is 6.10. The van der Waals surface area contributed by atoms with Crippen LogP contribution in [0.2, 0.25) is 0 Å². The monoisotopic (exact) mass is 341 g/mol. The minimum absolute atomic E-state index is 0.0367. The Hall–Kier alpha value is -2.53. The van der Waals surface area contributed by atoms with Gasteiger partial charge in [0.2, 0.25) is 0 Å². The normalized spacial score (nSPS) is 17.2. The number of hydrogen-bond donors (Lipinski definition) is 0. The highest BCUT2D eigenvalue weighted by molar-refractivity contribution is 5.94. The van der Waals surface area contributed by atoms with E-state index in [1.165, 1.54) is 0 Å². The van der Waals surface area contributed by atoms with Gasteiger partial charge in [0.25, 0.3) is 5.91 Å². The third-order valence-corrected chi connectivity index (χ3v) is 4.20. The summed E-state index contributed by atoms with van der Waals surface area (Å²) in [5.41, 5.74) is 1.85. The molecule has 1 atom stereocenters. The summed E-state index contributed by atoms with van der Waals surface area (Å²) < 4.78 is 16.7. The van der Waals surface area contributed by atoms with Gasteiger partial charge in [-0.3, -0.25) is 4.79 Å². The number of carbonyl (C=O) groups excluding carboxylic acids is 1. The molecule has 5 heteroatoms. The summed E-state index contributed by atoms with van der Waals surface area (Å²) in [5.74, 6) is 1.51. The largest absolute Gasteiger partial charge is 0.497 e. The van der Waals surface area contributed by atoms with E-state index >= 15 is 0 Å². The molecule has 5 nitrogen and oxygen atoms in total. The molecule has 132 valence electrons. The number of amides is 1. The molecule has 0 radical (unpaired) electrons. The van der Waals surface area contributed by atoms with Crippen LogP contribution in [0.3, 0.4) is 0 Å².